The lowest BCUT2D eigenvalue weighted by atomic mass is 10.1. The maximum Gasteiger partial charge on any atom is 0.122 e. The van der Waals surface area contributed by atoms with E-state index in [0.717, 1.165) is 16.7 Å². The molecule has 0 aliphatic rings. The van der Waals surface area contributed by atoms with Crippen LogP contribution in [-0.2, 0) is 6.54 Å². The van der Waals surface area contributed by atoms with Crippen molar-refractivity contribution in [1.82, 2.24) is 14.8 Å². The van der Waals surface area contributed by atoms with Crippen molar-refractivity contribution in [2.75, 3.05) is 0 Å². The van der Waals surface area contributed by atoms with Gasteiger partial charge in [-0.1, -0.05) is 42.5 Å². The van der Waals surface area contributed by atoms with Crippen LogP contribution in [0.3, 0.4) is 0 Å². The molecule has 4 nitrogen and oxygen atoms in total. The van der Waals surface area contributed by atoms with Crippen LogP contribution < -0.4 is 5.73 Å². The fourth-order valence-electron chi connectivity index (χ4n) is 2.12. The summed E-state index contributed by atoms with van der Waals surface area (Å²) in [4.78, 5) is 4.45. The molecule has 0 saturated heterocycles. The van der Waals surface area contributed by atoms with Gasteiger partial charge in [-0.15, -0.1) is 0 Å². The molecule has 0 amide bonds. The number of nitrogens with zero attached hydrogens (tertiary/aromatic N) is 3. The minimum absolute atomic E-state index is 0.308. The van der Waals surface area contributed by atoms with E-state index in [0.29, 0.717) is 17.2 Å². The molecule has 0 saturated carbocycles. The Hall–Kier alpha value is -2.53. The van der Waals surface area contributed by atoms with Crippen LogP contribution in [0.5, 0.6) is 0 Å². The maximum atomic E-state index is 5.60. The second kappa shape index (κ2) is 5.85. The molecule has 0 bridgehead atoms. The molecule has 21 heavy (non-hydrogen) atoms. The van der Waals surface area contributed by atoms with E-state index in [1.807, 2.05) is 47.4 Å². The quantitative estimate of drug-likeness (QED) is 0.752. The summed E-state index contributed by atoms with van der Waals surface area (Å²) in [7, 11) is 0. The average Bonchev–Trinajstić information content (AvgIpc) is 2.97. The molecule has 0 aliphatic heterocycles. The van der Waals surface area contributed by atoms with Crippen molar-refractivity contribution in [1.29, 1.82) is 0 Å². The van der Waals surface area contributed by atoms with Crippen LogP contribution >= 0.6 is 12.2 Å². The van der Waals surface area contributed by atoms with E-state index in [1.54, 1.807) is 6.20 Å². The van der Waals surface area contributed by atoms with E-state index in [2.05, 4.69) is 22.2 Å². The summed E-state index contributed by atoms with van der Waals surface area (Å²) in [5.74, 6) is 0. The Balaban J connectivity index is 1.82. The monoisotopic (exact) mass is 294 g/mol. The normalized spacial score (nSPS) is 10.5. The fourth-order valence-corrected chi connectivity index (χ4v) is 2.24. The Morgan fingerprint density at radius 2 is 1.95 bits per heavy atom. The van der Waals surface area contributed by atoms with Gasteiger partial charge in [0.05, 0.1) is 18.4 Å². The summed E-state index contributed by atoms with van der Waals surface area (Å²) in [5.41, 5.74) is 9.56. The zero-order valence-electron chi connectivity index (χ0n) is 11.3. The SMILES string of the molecule is NC(=S)c1cc(Cn2cc(-c3ccccc3)cn2)ccn1. The fraction of sp³-hybridized carbons (Fsp3) is 0.0625. The van der Waals surface area contributed by atoms with Crippen LogP contribution in [0.15, 0.2) is 61.1 Å². The van der Waals surface area contributed by atoms with Crippen LogP contribution in [0.1, 0.15) is 11.3 Å². The van der Waals surface area contributed by atoms with Crippen molar-refractivity contribution in [3.05, 3.63) is 72.3 Å². The lowest BCUT2D eigenvalue weighted by molar-refractivity contribution is 0.686. The second-order valence-electron chi connectivity index (χ2n) is 4.71. The van der Waals surface area contributed by atoms with Crippen LogP contribution in [0, 0.1) is 0 Å². The van der Waals surface area contributed by atoms with Crippen molar-refractivity contribution >= 4 is 17.2 Å². The Morgan fingerprint density at radius 1 is 1.14 bits per heavy atom. The maximum absolute atomic E-state index is 5.60. The van der Waals surface area contributed by atoms with Crippen LogP contribution in [0.4, 0.5) is 0 Å². The molecule has 2 N–H and O–H groups in total. The zero-order chi connectivity index (χ0) is 14.7. The second-order valence-corrected chi connectivity index (χ2v) is 5.15. The minimum atomic E-state index is 0.308. The van der Waals surface area contributed by atoms with E-state index in [1.165, 1.54) is 0 Å². The summed E-state index contributed by atoms with van der Waals surface area (Å²) in [6, 6.07) is 14.0. The van der Waals surface area contributed by atoms with Crippen LogP contribution in [0.25, 0.3) is 11.1 Å². The third kappa shape index (κ3) is 3.14. The van der Waals surface area contributed by atoms with Crippen LogP contribution in [-0.4, -0.2) is 19.8 Å². The van der Waals surface area contributed by atoms with Gasteiger partial charge in [-0.25, -0.2) is 0 Å². The lowest BCUT2D eigenvalue weighted by Crippen LogP contribution is -2.12. The predicted molar refractivity (Wildman–Crippen MR) is 86.9 cm³/mol. The molecule has 3 rings (SSSR count). The summed E-state index contributed by atoms with van der Waals surface area (Å²) in [6.07, 6.45) is 5.60. The molecule has 0 unspecified atom stereocenters. The molecule has 0 spiro atoms. The number of rotatable bonds is 4. The third-order valence-electron chi connectivity index (χ3n) is 3.16. The van der Waals surface area contributed by atoms with E-state index >= 15 is 0 Å². The van der Waals surface area contributed by atoms with E-state index < -0.39 is 0 Å². The summed E-state index contributed by atoms with van der Waals surface area (Å²) >= 11 is 4.95. The van der Waals surface area contributed by atoms with Gasteiger partial charge in [0.15, 0.2) is 0 Å². The molecular weight excluding hydrogens is 280 g/mol. The molecule has 0 aliphatic carbocycles. The Bertz CT molecular complexity index is 765. The smallest absolute Gasteiger partial charge is 0.122 e. The number of nitrogens with two attached hydrogens (primary N) is 1. The number of pyridine rings is 1. The average molecular weight is 294 g/mol. The summed E-state index contributed by atoms with van der Waals surface area (Å²) in [5, 5.41) is 4.39. The first-order valence-electron chi connectivity index (χ1n) is 6.55. The zero-order valence-corrected chi connectivity index (χ0v) is 12.1. The minimum Gasteiger partial charge on any atom is -0.388 e. The Labute approximate surface area is 128 Å². The first-order valence-corrected chi connectivity index (χ1v) is 6.96. The van der Waals surface area contributed by atoms with Crippen molar-refractivity contribution in [2.24, 2.45) is 5.73 Å². The first kappa shape index (κ1) is 13.5. The van der Waals surface area contributed by atoms with Crippen molar-refractivity contribution in [3.8, 4) is 11.1 Å². The number of benzene rings is 1. The first-order chi connectivity index (χ1) is 10.2. The largest absolute Gasteiger partial charge is 0.388 e. The highest BCUT2D eigenvalue weighted by Gasteiger charge is 2.04. The number of hydrogen-bond acceptors (Lipinski definition) is 3. The molecule has 0 fully saturated rings. The number of aromatic nitrogens is 3. The Kier molecular flexibility index (Phi) is 3.75. The van der Waals surface area contributed by atoms with Gasteiger partial charge in [0.2, 0.25) is 0 Å². The molecule has 1 aromatic carbocycles. The molecule has 2 aromatic heterocycles. The van der Waals surface area contributed by atoms with Crippen molar-refractivity contribution in [3.63, 3.8) is 0 Å². The van der Waals surface area contributed by atoms with Gasteiger partial charge in [0.1, 0.15) is 4.99 Å². The molecule has 3 aromatic rings. The molecule has 0 atom stereocenters. The van der Waals surface area contributed by atoms with Gasteiger partial charge in [0, 0.05) is 18.0 Å². The standard InChI is InChI=1S/C16H14N4S/c17-16(21)15-8-12(6-7-18-15)10-20-11-14(9-19-20)13-4-2-1-3-5-13/h1-9,11H,10H2,(H2,17,21). The van der Waals surface area contributed by atoms with Gasteiger partial charge >= 0.3 is 0 Å². The molecule has 104 valence electrons. The Morgan fingerprint density at radius 3 is 2.71 bits per heavy atom. The van der Waals surface area contributed by atoms with E-state index in [9.17, 15) is 0 Å². The van der Waals surface area contributed by atoms with E-state index in [4.69, 9.17) is 18.0 Å². The van der Waals surface area contributed by atoms with Crippen molar-refractivity contribution in [2.45, 2.75) is 6.54 Å². The molecule has 5 heteroatoms. The lowest BCUT2D eigenvalue weighted by Gasteiger charge is -2.04. The molecule has 0 radical (unpaired) electrons. The summed E-state index contributed by atoms with van der Waals surface area (Å²) < 4.78 is 1.89. The predicted octanol–water partition coefficient (Wildman–Crippen LogP) is 2.63. The topological polar surface area (TPSA) is 56.7 Å². The summed E-state index contributed by atoms with van der Waals surface area (Å²) in [6.45, 7) is 0.658. The van der Waals surface area contributed by atoms with E-state index in [-0.39, 0.29) is 0 Å². The van der Waals surface area contributed by atoms with Crippen molar-refractivity contribution < 1.29 is 0 Å². The third-order valence-corrected chi connectivity index (χ3v) is 3.37. The highest BCUT2D eigenvalue weighted by atomic mass is 32.1. The number of hydrogen-bond donors (Lipinski definition) is 1. The highest BCUT2D eigenvalue weighted by Crippen LogP contribution is 2.18. The van der Waals surface area contributed by atoms with Gasteiger partial charge in [-0.3, -0.25) is 9.67 Å². The molecular formula is C16H14N4S. The van der Waals surface area contributed by atoms with Gasteiger partial charge in [-0.05, 0) is 23.3 Å². The highest BCUT2D eigenvalue weighted by molar-refractivity contribution is 7.80. The van der Waals surface area contributed by atoms with Crippen LogP contribution in [0.2, 0.25) is 0 Å². The molecule has 2 heterocycles. The van der Waals surface area contributed by atoms with Gasteiger partial charge in [-0.2, -0.15) is 5.10 Å². The number of thiocarbonyl (C=S) groups is 1. The van der Waals surface area contributed by atoms with Gasteiger partial charge < -0.3 is 5.73 Å². The van der Waals surface area contributed by atoms with Gasteiger partial charge in [0.25, 0.3) is 0 Å².